The second kappa shape index (κ2) is 9.41. The zero-order valence-electron chi connectivity index (χ0n) is 7.52. The van der Waals surface area contributed by atoms with Crippen LogP contribution in [0.1, 0.15) is 25.3 Å². The Labute approximate surface area is 91.8 Å². The third-order valence-electron chi connectivity index (χ3n) is 1.61. The maximum absolute atomic E-state index is 3.06. The molecular weight excluding hydrogens is 265 g/mol. The van der Waals surface area contributed by atoms with Crippen LogP contribution >= 0.6 is 13.6 Å². The molecule has 0 aromatic heterocycles. The van der Waals surface area contributed by atoms with E-state index in [1.54, 1.807) is 0 Å². The van der Waals surface area contributed by atoms with E-state index in [2.05, 4.69) is 38.7 Å². The number of unbranched alkanes of at least 4 members (excludes halogenated alkanes) is 1. The SMILES string of the molecule is CCCCc1cc[c-]cc1.[Zn+][Br]. The summed E-state index contributed by atoms with van der Waals surface area (Å²) in [7, 11) is 0. The zero-order chi connectivity index (χ0) is 9.23. The molecule has 1 rings (SSSR count). The van der Waals surface area contributed by atoms with E-state index < -0.39 is 0 Å². The fourth-order valence-corrected chi connectivity index (χ4v) is 0.969. The fourth-order valence-electron chi connectivity index (χ4n) is 0.969. The monoisotopic (exact) mass is 276 g/mol. The van der Waals surface area contributed by atoms with Gasteiger partial charge in [0, 0.05) is 0 Å². The second-order valence-electron chi connectivity index (χ2n) is 2.51. The van der Waals surface area contributed by atoms with Crippen LogP contribution in [0.15, 0.2) is 24.3 Å². The van der Waals surface area contributed by atoms with E-state index in [9.17, 15) is 0 Å². The van der Waals surface area contributed by atoms with Crippen LogP contribution in [0, 0.1) is 6.07 Å². The van der Waals surface area contributed by atoms with Crippen LogP contribution in [0.2, 0.25) is 0 Å². The van der Waals surface area contributed by atoms with Crippen molar-refractivity contribution in [2.24, 2.45) is 0 Å². The standard InChI is InChI=1S/C10H13.BrH.Zn/c1-2-3-7-10-8-5-4-6-9-10;;/h5-6,8-9H,2-3,7H2,1H3;1H;/q-1;;+2/p-1. The van der Waals surface area contributed by atoms with Crippen molar-refractivity contribution in [1.29, 1.82) is 0 Å². The van der Waals surface area contributed by atoms with Crippen molar-refractivity contribution in [1.82, 2.24) is 0 Å². The van der Waals surface area contributed by atoms with E-state index in [1.807, 2.05) is 12.1 Å². The number of rotatable bonds is 3. The molecule has 0 atom stereocenters. The first kappa shape index (κ1) is 12.3. The Kier molecular flexibility index (Phi) is 9.67. The van der Waals surface area contributed by atoms with E-state index in [-0.39, 0.29) is 0 Å². The van der Waals surface area contributed by atoms with Crippen LogP contribution in [0.3, 0.4) is 0 Å². The van der Waals surface area contributed by atoms with E-state index in [0.717, 1.165) is 0 Å². The minimum absolute atomic E-state index is 1.19. The van der Waals surface area contributed by atoms with Crippen LogP contribution in [-0.2, 0) is 22.8 Å². The van der Waals surface area contributed by atoms with Gasteiger partial charge in [-0.1, -0.05) is 26.2 Å². The van der Waals surface area contributed by atoms with Crippen LogP contribution in [0.4, 0.5) is 0 Å². The summed E-state index contributed by atoms with van der Waals surface area (Å²) in [5, 5.41) is 0. The molecule has 1 aromatic rings. The molecule has 0 spiro atoms. The first-order valence-corrected chi connectivity index (χ1v) is 11.1. The fraction of sp³-hybridized carbons (Fsp3) is 0.400. The van der Waals surface area contributed by atoms with Crippen molar-refractivity contribution in [3.8, 4) is 0 Å². The first-order chi connectivity index (χ1) is 5.93. The topological polar surface area (TPSA) is 0 Å². The molecule has 1 aromatic carbocycles. The van der Waals surface area contributed by atoms with Gasteiger partial charge in [-0.2, -0.15) is 35.9 Å². The van der Waals surface area contributed by atoms with Gasteiger partial charge in [-0.3, -0.25) is 0 Å². The van der Waals surface area contributed by atoms with Gasteiger partial charge in [0.1, 0.15) is 0 Å². The third-order valence-corrected chi connectivity index (χ3v) is 1.61. The molecule has 0 aliphatic rings. The molecule has 0 fully saturated rings. The maximum atomic E-state index is 3.06. The van der Waals surface area contributed by atoms with Gasteiger partial charge in [-0.15, -0.1) is 0 Å². The molecule has 0 radical (unpaired) electrons. The molecule has 12 heavy (non-hydrogen) atoms. The predicted molar refractivity (Wildman–Crippen MR) is 52.8 cm³/mol. The van der Waals surface area contributed by atoms with Gasteiger partial charge in [0.15, 0.2) is 0 Å². The van der Waals surface area contributed by atoms with Crippen molar-refractivity contribution < 1.29 is 16.3 Å². The summed E-state index contributed by atoms with van der Waals surface area (Å²) in [6.07, 6.45) is 3.79. The molecule has 0 aliphatic heterocycles. The van der Waals surface area contributed by atoms with Gasteiger partial charge in [0.25, 0.3) is 0 Å². The number of aryl methyl sites for hydroxylation is 1. The van der Waals surface area contributed by atoms with Gasteiger partial charge in [-0.05, 0) is 0 Å². The van der Waals surface area contributed by atoms with E-state index >= 15 is 0 Å². The molecule has 0 unspecified atom stereocenters. The van der Waals surface area contributed by atoms with Crippen molar-refractivity contribution in [3.63, 3.8) is 0 Å². The summed E-state index contributed by atoms with van der Waals surface area (Å²) in [5.74, 6) is 0. The van der Waals surface area contributed by atoms with Gasteiger partial charge in [0.2, 0.25) is 0 Å². The summed E-state index contributed by atoms with van der Waals surface area (Å²) in [5.41, 5.74) is 1.43. The Hall–Kier alpha value is 0.323. The molecule has 0 amide bonds. The summed E-state index contributed by atoms with van der Waals surface area (Å²) >= 11 is 4.25. The van der Waals surface area contributed by atoms with Gasteiger partial charge < -0.3 is 0 Å². The molecule has 0 N–H and O–H groups in total. The molecule has 0 saturated heterocycles. The molecular formula is C10H13BrZn. The first-order valence-electron chi connectivity index (χ1n) is 4.15. The van der Waals surface area contributed by atoms with Gasteiger partial charge >= 0.3 is 30.0 Å². The molecule has 0 nitrogen and oxygen atoms in total. The number of hydrogen-bond acceptors (Lipinski definition) is 0. The Balaban J connectivity index is 0.000000561. The van der Waals surface area contributed by atoms with Crippen molar-refractivity contribution >= 4 is 13.6 Å². The molecule has 0 bridgehead atoms. The van der Waals surface area contributed by atoms with Crippen molar-refractivity contribution in [2.75, 3.05) is 0 Å². The van der Waals surface area contributed by atoms with Crippen LogP contribution in [0.25, 0.3) is 0 Å². The summed E-state index contributed by atoms with van der Waals surface area (Å²) in [4.78, 5) is 0. The summed E-state index contributed by atoms with van der Waals surface area (Å²) in [6.45, 7) is 2.22. The quantitative estimate of drug-likeness (QED) is 0.584. The number of hydrogen-bond donors (Lipinski definition) is 0. The molecule has 2 heteroatoms. The minimum atomic E-state index is 1.19. The Bertz CT molecular complexity index is 174. The van der Waals surface area contributed by atoms with Crippen molar-refractivity contribution in [2.45, 2.75) is 26.2 Å². The van der Waals surface area contributed by atoms with Gasteiger partial charge in [0.05, 0.1) is 0 Å². The number of benzene rings is 1. The Morgan fingerprint density at radius 3 is 2.42 bits per heavy atom. The van der Waals surface area contributed by atoms with Crippen LogP contribution in [-0.4, -0.2) is 0 Å². The number of halogens is 1. The average molecular weight is 279 g/mol. The van der Waals surface area contributed by atoms with Crippen molar-refractivity contribution in [3.05, 3.63) is 35.9 Å². The Morgan fingerprint density at radius 2 is 1.92 bits per heavy atom. The predicted octanol–water partition coefficient (Wildman–Crippen LogP) is 3.67. The second-order valence-corrected chi connectivity index (χ2v) is 2.51. The molecule has 0 saturated carbocycles. The third kappa shape index (κ3) is 5.91. The average Bonchev–Trinajstić information content (AvgIpc) is 2.19. The normalized spacial score (nSPS) is 8.67. The van der Waals surface area contributed by atoms with E-state index in [1.165, 1.54) is 41.2 Å². The molecule has 62 valence electrons. The summed E-state index contributed by atoms with van der Waals surface area (Å²) < 4.78 is 0. The zero-order valence-corrected chi connectivity index (χ0v) is 12.1. The van der Waals surface area contributed by atoms with Crippen LogP contribution < -0.4 is 0 Å². The summed E-state index contributed by atoms with van der Waals surface area (Å²) in [6, 6.07) is 11.2. The van der Waals surface area contributed by atoms with E-state index in [4.69, 9.17) is 0 Å². The molecule has 0 heterocycles. The Morgan fingerprint density at radius 1 is 1.33 bits per heavy atom. The van der Waals surface area contributed by atoms with E-state index in [0.29, 0.717) is 0 Å². The van der Waals surface area contributed by atoms with Crippen LogP contribution in [0.5, 0.6) is 0 Å². The van der Waals surface area contributed by atoms with Gasteiger partial charge in [-0.25, -0.2) is 0 Å². The molecule has 0 aliphatic carbocycles.